The Labute approximate surface area is 171 Å². The van der Waals surface area contributed by atoms with Gasteiger partial charge in [0.25, 0.3) is 0 Å². The molecule has 1 saturated carbocycles. The molecule has 4 atom stereocenters. The molecule has 2 saturated heterocycles. The lowest BCUT2D eigenvalue weighted by Crippen LogP contribution is -2.59. The van der Waals surface area contributed by atoms with Gasteiger partial charge in [0, 0.05) is 49.4 Å². The minimum absolute atomic E-state index is 0.00266. The zero-order chi connectivity index (χ0) is 20.0. The SMILES string of the molecule is Cc1ccc(F)c2c1NC(C(=O)N[C@@H]1CCC[C@H](N3CCN4NCNC4C3)C1)C2. The summed E-state index contributed by atoms with van der Waals surface area (Å²) < 4.78 is 14.1. The standard InChI is InChI=1S/C21H31FN6O/c1-13-5-6-17(22)16-10-18(26-20(13)16)21(29)25-14-3-2-4-15(9-14)27-7-8-28-19(11-27)23-12-24-28/h5-6,14-15,18-19,23-24,26H,2-4,7-12H2,1H3,(H,25,29)/t14-,15+,18?,19?/m1/s1. The maximum Gasteiger partial charge on any atom is 0.243 e. The first-order valence-corrected chi connectivity index (χ1v) is 10.9. The molecule has 5 rings (SSSR count). The van der Waals surface area contributed by atoms with Crippen LogP contribution in [0, 0.1) is 12.7 Å². The van der Waals surface area contributed by atoms with Crippen molar-refractivity contribution in [1.29, 1.82) is 0 Å². The zero-order valence-corrected chi connectivity index (χ0v) is 17.0. The van der Waals surface area contributed by atoms with Gasteiger partial charge in [-0.1, -0.05) is 6.07 Å². The van der Waals surface area contributed by atoms with E-state index in [1.165, 1.54) is 12.5 Å². The Morgan fingerprint density at radius 2 is 2.17 bits per heavy atom. The van der Waals surface area contributed by atoms with Gasteiger partial charge in [-0.2, -0.15) is 0 Å². The lowest BCUT2D eigenvalue weighted by molar-refractivity contribution is -0.122. The van der Waals surface area contributed by atoms with Gasteiger partial charge in [-0.3, -0.25) is 15.0 Å². The highest BCUT2D eigenvalue weighted by Crippen LogP contribution is 2.32. The summed E-state index contributed by atoms with van der Waals surface area (Å²) in [5.74, 6) is -0.225. The average molecular weight is 403 g/mol. The number of rotatable bonds is 3. The van der Waals surface area contributed by atoms with E-state index in [1.54, 1.807) is 6.07 Å². The molecule has 3 fully saturated rings. The molecule has 1 aromatic carbocycles. The number of anilines is 1. The summed E-state index contributed by atoms with van der Waals surface area (Å²) in [6.45, 7) is 5.91. The van der Waals surface area contributed by atoms with Gasteiger partial charge >= 0.3 is 0 Å². The van der Waals surface area contributed by atoms with Gasteiger partial charge in [-0.05, 0) is 44.2 Å². The van der Waals surface area contributed by atoms with Gasteiger partial charge in [-0.15, -0.1) is 0 Å². The molecule has 8 heteroatoms. The molecule has 3 heterocycles. The fraction of sp³-hybridized carbons (Fsp3) is 0.667. The van der Waals surface area contributed by atoms with Crippen LogP contribution in [0.4, 0.5) is 10.1 Å². The number of carbonyl (C=O) groups is 1. The quantitative estimate of drug-likeness (QED) is 0.603. The van der Waals surface area contributed by atoms with Crippen molar-refractivity contribution in [3.8, 4) is 0 Å². The molecular formula is C21H31FN6O. The first kappa shape index (κ1) is 19.2. The van der Waals surface area contributed by atoms with Gasteiger partial charge in [0.05, 0.1) is 12.8 Å². The number of hydrogen-bond acceptors (Lipinski definition) is 6. The molecule has 1 aromatic rings. The summed E-state index contributed by atoms with van der Waals surface area (Å²) in [6.07, 6.45) is 5.17. The highest BCUT2D eigenvalue weighted by atomic mass is 19.1. The Morgan fingerprint density at radius 3 is 3.03 bits per heavy atom. The van der Waals surface area contributed by atoms with E-state index in [1.807, 2.05) is 6.92 Å². The molecule has 0 bridgehead atoms. The van der Waals surface area contributed by atoms with Crippen molar-refractivity contribution in [3.63, 3.8) is 0 Å². The van der Waals surface area contributed by atoms with Crippen molar-refractivity contribution < 1.29 is 9.18 Å². The second-order valence-electron chi connectivity index (χ2n) is 8.89. The van der Waals surface area contributed by atoms with Gasteiger partial charge in [0.2, 0.25) is 5.91 Å². The number of hydrogen-bond donors (Lipinski definition) is 4. The molecule has 4 aliphatic rings. The summed E-state index contributed by atoms with van der Waals surface area (Å²) in [6, 6.07) is 3.61. The Kier molecular flexibility index (Phi) is 5.19. The number of nitrogens with one attached hydrogen (secondary N) is 4. The molecule has 0 aromatic heterocycles. The predicted molar refractivity (Wildman–Crippen MR) is 110 cm³/mol. The minimum Gasteiger partial charge on any atom is -0.373 e. The average Bonchev–Trinajstić information content (AvgIpc) is 3.38. The molecule has 158 valence electrons. The second kappa shape index (κ2) is 7.83. The molecule has 1 amide bonds. The minimum atomic E-state index is -0.377. The van der Waals surface area contributed by atoms with Crippen molar-refractivity contribution in [2.24, 2.45) is 0 Å². The van der Waals surface area contributed by atoms with Crippen LogP contribution in [0.5, 0.6) is 0 Å². The van der Waals surface area contributed by atoms with E-state index < -0.39 is 0 Å². The lowest BCUT2D eigenvalue weighted by Gasteiger charge is -2.43. The summed E-state index contributed by atoms with van der Waals surface area (Å²) in [5, 5.41) is 12.3. The fourth-order valence-electron chi connectivity index (χ4n) is 5.42. The van der Waals surface area contributed by atoms with Crippen LogP contribution in [-0.4, -0.2) is 66.4 Å². The van der Waals surface area contributed by atoms with E-state index in [9.17, 15) is 9.18 Å². The smallest absolute Gasteiger partial charge is 0.243 e. The van der Waals surface area contributed by atoms with E-state index in [0.29, 0.717) is 24.2 Å². The summed E-state index contributed by atoms with van der Waals surface area (Å²) in [7, 11) is 0. The van der Waals surface area contributed by atoms with Crippen molar-refractivity contribution >= 4 is 11.6 Å². The number of piperazine rings is 1. The van der Waals surface area contributed by atoms with Gasteiger partial charge in [0.15, 0.2) is 0 Å². The molecule has 29 heavy (non-hydrogen) atoms. The van der Waals surface area contributed by atoms with Gasteiger partial charge < -0.3 is 10.6 Å². The third-order valence-electron chi connectivity index (χ3n) is 7.05. The molecule has 1 aliphatic carbocycles. The van der Waals surface area contributed by atoms with Crippen molar-refractivity contribution in [1.82, 2.24) is 26.0 Å². The molecule has 4 N–H and O–H groups in total. The number of hydrazine groups is 1. The Balaban J connectivity index is 1.17. The lowest BCUT2D eigenvalue weighted by atomic mass is 9.89. The monoisotopic (exact) mass is 402 g/mol. The Bertz CT molecular complexity index is 758. The first-order chi connectivity index (χ1) is 14.1. The summed E-state index contributed by atoms with van der Waals surface area (Å²) in [5.41, 5.74) is 5.79. The fourth-order valence-corrected chi connectivity index (χ4v) is 5.42. The summed E-state index contributed by atoms with van der Waals surface area (Å²) >= 11 is 0. The van der Waals surface area contributed by atoms with E-state index >= 15 is 0 Å². The largest absolute Gasteiger partial charge is 0.373 e. The Morgan fingerprint density at radius 1 is 1.28 bits per heavy atom. The maximum absolute atomic E-state index is 14.1. The maximum atomic E-state index is 14.1. The molecular weight excluding hydrogens is 371 g/mol. The number of aryl methyl sites for hydroxylation is 1. The first-order valence-electron chi connectivity index (χ1n) is 10.9. The van der Waals surface area contributed by atoms with Crippen molar-refractivity contribution in [2.75, 3.05) is 31.6 Å². The third kappa shape index (κ3) is 3.74. The zero-order valence-electron chi connectivity index (χ0n) is 17.0. The number of amides is 1. The molecule has 3 aliphatic heterocycles. The van der Waals surface area contributed by atoms with E-state index in [0.717, 1.165) is 56.8 Å². The summed E-state index contributed by atoms with van der Waals surface area (Å²) in [4.78, 5) is 15.5. The molecule has 0 radical (unpaired) electrons. The van der Waals surface area contributed by atoms with Crippen LogP contribution >= 0.6 is 0 Å². The van der Waals surface area contributed by atoms with E-state index in [4.69, 9.17) is 0 Å². The number of fused-ring (bicyclic) bond motifs is 2. The van der Waals surface area contributed by atoms with Crippen LogP contribution in [0.15, 0.2) is 12.1 Å². The van der Waals surface area contributed by atoms with Crippen LogP contribution in [0.1, 0.15) is 36.8 Å². The second-order valence-corrected chi connectivity index (χ2v) is 8.89. The van der Waals surface area contributed by atoms with Crippen LogP contribution in [0.2, 0.25) is 0 Å². The van der Waals surface area contributed by atoms with Crippen molar-refractivity contribution in [2.45, 2.75) is 63.3 Å². The number of carbonyl (C=O) groups excluding carboxylic acids is 1. The predicted octanol–water partition coefficient (Wildman–Crippen LogP) is 0.907. The van der Waals surface area contributed by atoms with Gasteiger partial charge in [-0.25, -0.2) is 14.8 Å². The number of nitrogens with zero attached hydrogens (tertiary/aromatic N) is 2. The van der Waals surface area contributed by atoms with Crippen molar-refractivity contribution in [3.05, 3.63) is 29.1 Å². The number of benzene rings is 1. The number of halogens is 1. The van der Waals surface area contributed by atoms with Crippen LogP contribution in [-0.2, 0) is 11.2 Å². The van der Waals surface area contributed by atoms with Crippen LogP contribution in [0.3, 0.4) is 0 Å². The van der Waals surface area contributed by atoms with Crippen LogP contribution in [0.25, 0.3) is 0 Å². The normalized spacial score (nSPS) is 32.5. The molecule has 7 nitrogen and oxygen atoms in total. The highest BCUT2D eigenvalue weighted by Gasteiger charge is 2.36. The van der Waals surface area contributed by atoms with Crippen LogP contribution < -0.4 is 21.4 Å². The molecule has 0 spiro atoms. The van der Waals surface area contributed by atoms with Gasteiger partial charge in [0.1, 0.15) is 11.9 Å². The van der Waals surface area contributed by atoms with E-state index in [2.05, 4.69) is 31.3 Å². The highest BCUT2D eigenvalue weighted by molar-refractivity contribution is 5.88. The Hall–Kier alpha value is -1.74. The molecule has 2 unspecified atom stereocenters. The third-order valence-corrected chi connectivity index (χ3v) is 7.05. The topological polar surface area (TPSA) is 71.7 Å². The van der Waals surface area contributed by atoms with E-state index in [-0.39, 0.29) is 23.8 Å².